The number of halogens is 1. The summed E-state index contributed by atoms with van der Waals surface area (Å²) in [6, 6.07) is 0. The smallest absolute Gasteiger partial charge is 0.339 e. The minimum atomic E-state index is -1.60. The van der Waals surface area contributed by atoms with Crippen LogP contribution in [0.25, 0.3) is 0 Å². The zero-order valence-corrected chi connectivity index (χ0v) is 6.85. The summed E-state index contributed by atoms with van der Waals surface area (Å²) >= 11 is 5.50. The second-order valence-corrected chi connectivity index (χ2v) is 3.01. The van der Waals surface area contributed by atoms with Gasteiger partial charge >= 0.3 is 5.97 Å². The highest BCUT2D eigenvalue weighted by Crippen LogP contribution is 2.21. The van der Waals surface area contributed by atoms with Crippen molar-refractivity contribution in [2.75, 3.05) is 0 Å². The number of hydrogen-bond acceptors (Lipinski definition) is 2. The van der Waals surface area contributed by atoms with Gasteiger partial charge in [0.1, 0.15) is 0 Å². The molecule has 60 valence electrons. The quantitative estimate of drug-likeness (QED) is 0.485. The first kappa shape index (κ1) is 9.72. The molecule has 3 nitrogen and oxygen atoms in total. The molecule has 0 spiro atoms. The van der Waals surface area contributed by atoms with Gasteiger partial charge in [-0.05, 0) is 5.92 Å². The molecule has 0 amide bonds. The molecule has 0 heterocycles. The Morgan fingerprint density at radius 1 is 1.90 bits per heavy atom. The number of nitrogens with two attached hydrogens (primary N) is 1. The van der Waals surface area contributed by atoms with Gasteiger partial charge in [-0.25, -0.2) is 4.79 Å². The van der Waals surface area contributed by atoms with Crippen LogP contribution in [0.2, 0.25) is 0 Å². The number of alkyl halides is 1. The summed E-state index contributed by atoms with van der Waals surface area (Å²) in [5.41, 5.74) is 5.28. The summed E-state index contributed by atoms with van der Waals surface area (Å²) in [4.78, 5) is 8.76. The monoisotopic (exact) mass is 165 g/mol. The Kier molecular flexibility index (Phi) is 3.12. The highest BCUT2D eigenvalue weighted by molar-refractivity contribution is 6.33. The molecule has 0 radical (unpaired) electrons. The van der Waals surface area contributed by atoms with E-state index in [0.29, 0.717) is 6.42 Å². The molecule has 0 bridgehead atoms. The molecule has 0 aromatic heterocycles. The topological polar surface area (TPSA) is 63.3 Å². The van der Waals surface area contributed by atoms with Crippen molar-refractivity contribution < 1.29 is 9.90 Å². The largest absolute Gasteiger partial charge is 0.479 e. The van der Waals surface area contributed by atoms with Crippen LogP contribution in [0.4, 0.5) is 0 Å². The summed E-state index contributed by atoms with van der Waals surface area (Å²) in [7, 11) is 0. The number of aliphatic carboxylic acids is 1. The van der Waals surface area contributed by atoms with E-state index in [0.717, 1.165) is 0 Å². The molecule has 0 aromatic rings. The fraction of sp³-hybridized carbons (Fsp3) is 0.833. The lowest BCUT2D eigenvalue weighted by molar-refractivity contribution is -0.141. The van der Waals surface area contributed by atoms with Crippen LogP contribution in [0.3, 0.4) is 0 Å². The molecule has 0 aliphatic heterocycles. The Morgan fingerprint density at radius 3 is 2.40 bits per heavy atom. The molecule has 0 saturated heterocycles. The first-order chi connectivity index (χ1) is 4.42. The highest BCUT2D eigenvalue weighted by atomic mass is 35.5. The van der Waals surface area contributed by atoms with Gasteiger partial charge in [-0.1, -0.05) is 31.9 Å². The number of hydrogen-bond donors (Lipinski definition) is 2. The van der Waals surface area contributed by atoms with E-state index in [-0.39, 0.29) is 5.92 Å². The highest BCUT2D eigenvalue weighted by Gasteiger charge is 2.36. The molecule has 0 aromatic carbocycles. The Morgan fingerprint density at radius 2 is 2.30 bits per heavy atom. The molecule has 0 aliphatic carbocycles. The van der Waals surface area contributed by atoms with E-state index in [2.05, 4.69) is 0 Å². The number of carboxylic acid groups (broad SMARTS) is 1. The fourth-order valence-electron chi connectivity index (χ4n) is 0.508. The van der Waals surface area contributed by atoms with Gasteiger partial charge in [0.15, 0.2) is 5.00 Å². The third kappa shape index (κ3) is 1.85. The van der Waals surface area contributed by atoms with Gasteiger partial charge in [0.25, 0.3) is 0 Å². The second kappa shape index (κ2) is 3.21. The van der Waals surface area contributed by atoms with E-state index in [1.807, 2.05) is 6.92 Å². The maximum Gasteiger partial charge on any atom is 0.339 e. The van der Waals surface area contributed by atoms with Gasteiger partial charge in [0.2, 0.25) is 0 Å². The zero-order valence-electron chi connectivity index (χ0n) is 6.10. The standard InChI is InChI=1S/C6H12ClNO2/c1-3-4(2)6(7,8)5(9)10/h4H,3,8H2,1-2H3,(H,9,10)/t4?,6-/m0/s1. The molecule has 0 saturated carbocycles. The van der Waals surface area contributed by atoms with E-state index in [1.54, 1.807) is 6.92 Å². The Hall–Kier alpha value is -0.280. The first-order valence-electron chi connectivity index (χ1n) is 3.14. The van der Waals surface area contributed by atoms with Crippen LogP contribution in [0.5, 0.6) is 0 Å². The Labute approximate surface area is 65.2 Å². The molecular formula is C6H12ClNO2. The van der Waals surface area contributed by atoms with Crippen LogP contribution in [0, 0.1) is 5.92 Å². The van der Waals surface area contributed by atoms with Crippen molar-refractivity contribution in [3.8, 4) is 0 Å². The fourth-order valence-corrected chi connectivity index (χ4v) is 0.662. The van der Waals surface area contributed by atoms with Gasteiger partial charge in [-0.15, -0.1) is 0 Å². The molecule has 1 unspecified atom stereocenters. The SMILES string of the molecule is CCC(C)[C@@](N)(Cl)C(=O)O. The van der Waals surface area contributed by atoms with Crippen molar-refractivity contribution in [3.63, 3.8) is 0 Å². The normalized spacial score (nSPS) is 19.6. The van der Waals surface area contributed by atoms with Crippen LogP contribution < -0.4 is 5.73 Å². The summed E-state index contributed by atoms with van der Waals surface area (Å²) in [5.74, 6) is -1.38. The average molecular weight is 166 g/mol. The molecule has 10 heavy (non-hydrogen) atoms. The van der Waals surface area contributed by atoms with E-state index in [9.17, 15) is 4.79 Å². The van der Waals surface area contributed by atoms with Crippen molar-refractivity contribution in [1.82, 2.24) is 0 Å². The lowest BCUT2D eigenvalue weighted by Gasteiger charge is -2.22. The van der Waals surface area contributed by atoms with E-state index in [4.69, 9.17) is 22.4 Å². The molecule has 0 rings (SSSR count). The number of rotatable bonds is 3. The van der Waals surface area contributed by atoms with Crippen molar-refractivity contribution in [2.24, 2.45) is 11.7 Å². The van der Waals surface area contributed by atoms with E-state index in [1.165, 1.54) is 0 Å². The van der Waals surface area contributed by atoms with Crippen LogP contribution in [-0.2, 0) is 4.79 Å². The minimum absolute atomic E-state index is 0.216. The third-order valence-corrected chi connectivity index (χ3v) is 2.19. The Bertz CT molecular complexity index is 136. The number of carboxylic acids is 1. The third-order valence-electron chi connectivity index (χ3n) is 1.66. The molecule has 3 N–H and O–H groups in total. The predicted octanol–water partition coefficient (Wildman–Crippen LogP) is 1.01. The van der Waals surface area contributed by atoms with E-state index < -0.39 is 11.0 Å². The lowest BCUT2D eigenvalue weighted by atomic mass is 10.00. The van der Waals surface area contributed by atoms with E-state index >= 15 is 0 Å². The van der Waals surface area contributed by atoms with Crippen molar-refractivity contribution >= 4 is 17.6 Å². The van der Waals surface area contributed by atoms with Crippen molar-refractivity contribution in [1.29, 1.82) is 0 Å². The van der Waals surface area contributed by atoms with Crippen molar-refractivity contribution in [3.05, 3.63) is 0 Å². The summed E-state index contributed by atoms with van der Waals surface area (Å²) in [6.07, 6.45) is 0.659. The summed E-state index contributed by atoms with van der Waals surface area (Å²) in [5, 5.41) is 8.49. The van der Waals surface area contributed by atoms with Crippen LogP contribution in [0.15, 0.2) is 0 Å². The Balaban J connectivity index is 4.23. The summed E-state index contributed by atoms with van der Waals surface area (Å²) in [6.45, 7) is 3.55. The first-order valence-corrected chi connectivity index (χ1v) is 3.51. The van der Waals surface area contributed by atoms with Gasteiger partial charge in [-0.3, -0.25) is 0 Å². The van der Waals surface area contributed by atoms with Gasteiger partial charge < -0.3 is 10.8 Å². The van der Waals surface area contributed by atoms with Gasteiger partial charge in [0, 0.05) is 0 Å². The number of carbonyl (C=O) groups is 1. The molecule has 4 heteroatoms. The van der Waals surface area contributed by atoms with Crippen LogP contribution >= 0.6 is 11.6 Å². The average Bonchev–Trinajstić information content (AvgIpc) is 1.86. The molecule has 2 atom stereocenters. The zero-order chi connectivity index (χ0) is 8.36. The van der Waals surface area contributed by atoms with Gasteiger partial charge in [0.05, 0.1) is 0 Å². The molecular weight excluding hydrogens is 154 g/mol. The van der Waals surface area contributed by atoms with Crippen LogP contribution in [-0.4, -0.2) is 16.1 Å². The molecule has 0 fully saturated rings. The maximum absolute atomic E-state index is 10.4. The predicted molar refractivity (Wildman–Crippen MR) is 39.9 cm³/mol. The maximum atomic E-state index is 10.4. The van der Waals surface area contributed by atoms with Gasteiger partial charge in [-0.2, -0.15) is 0 Å². The van der Waals surface area contributed by atoms with Crippen LogP contribution in [0.1, 0.15) is 20.3 Å². The minimum Gasteiger partial charge on any atom is -0.479 e. The lowest BCUT2D eigenvalue weighted by Crippen LogP contribution is -2.47. The van der Waals surface area contributed by atoms with Crippen molar-refractivity contribution in [2.45, 2.75) is 25.3 Å². The second-order valence-electron chi connectivity index (χ2n) is 2.38. The summed E-state index contributed by atoms with van der Waals surface area (Å²) < 4.78 is 0. The molecule has 0 aliphatic rings.